The molecule has 0 spiro atoms. The second-order valence-corrected chi connectivity index (χ2v) is 5.37. The number of hydrogen-bond acceptors (Lipinski definition) is 2. The molecule has 0 aliphatic carbocycles. The van der Waals surface area contributed by atoms with Gasteiger partial charge in [0.15, 0.2) is 0 Å². The van der Waals surface area contributed by atoms with Crippen LogP contribution >= 0.6 is 0 Å². The zero-order chi connectivity index (χ0) is 15.6. The molecule has 0 aliphatic heterocycles. The molecule has 0 fully saturated rings. The summed E-state index contributed by atoms with van der Waals surface area (Å²) in [6.45, 7) is 2.25. The van der Waals surface area contributed by atoms with E-state index in [1.165, 1.54) is 52.1 Å². The molecule has 0 atom stereocenters. The SMILES string of the molecule is CCCCCCCCC=CCC#CCCCCC(=O)OC. The smallest absolute Gasteiger partial charge is 0.305 e. The Labute approximate surface area is 131 Å². The Morgan fingerprint density at radius 1 is 0.952 bits per heavy atom. The van der Waals surface area contributed by atoms with Crippen LogP contribution in [0, 0.1) is 11.8 Å². The summed E-state index contributed by atoms with van der Waals surface area (Å²) in [4.78, 5) is 10.9. The van der Waals surface area contributed by atoms with Crippen molar-refractivity contribution < 1.29 is 9.53 Å². The molecular formula is C19H32O2. The second kappa shape index (κ2) is 16.8. The van der Waals surface area contributed by atoms with Gasteiger partial charge in [0.05, 0.1) is 7.11 Å². The first-order valence-electron chi connectivity index (χ1n) is 8.48. The summed E-state index contributed by atoms with van der Waals surface area (Å²) in [5.74, 6) is 6.18. The number of allylic oxidation sites excluding steroid dienone is 2. The van der Waals surface area contributed by atoms with E-state index in [0.29, 0.717) is 6.42 Å². The van der Waals surface area contributed by atoms with Gasteiger partial charge in [0.2, 0.25) is 0 Å². The standard InChI is InChI=1S/C19H32O2/c1-3-4-5-6-7-8-9-10-11-12-13-14-15-16-17-18-19(20)21-2/h10-11H,3-9,12,15-18H2,1-2H3. The number of rotatable bonds is 12. The molecule has 2 heteroatoms. The Morgan fingerprint density at radius 2 is 1.71 bits per heavy atom. The van der Waals surface area contributed by atoms with Crippen molar-refractivity contribution in [3.63, 3.8) is 0 Å². The minimum atomic E-state index is -0.124. The first-order chi connectivity index (χ1) is 10.3. The van der Waals surface area contributed by atoms with Crippen LogP contribution in [-0.2, 0) is 9.53 Å². The van der Waals surface area contributed by atoms with E-state index < -0.39 is 0 Å². The van der Waals surface area contributed by atoms with Gasteiger partial charge in [0.25, 0.3) is 0 Å². The van der Waals surface area contributed by atoms with Crippen molar-refractivity contribution in [2.24, 2.45) is 0 Å². The Bertz CT molecular complexity index is 320. The van der Waals surface area contributed by atoms with Gasteiger partial charge in [-0.3, -0.25) is 4.79 Å². The Hall–Kier alpha value is -1.23. The van der Waals surface area contributed by atoms with Crippen LogP contribution in [0.1, 0.15) is 84.0 Å². The first kappa shape index (κ1) is 19.8. The molecule has 0 aromatic rings. The van der Waals surface area contributed by atoms with Gasteiger partial charge in [-0.25, -0.2) is 0 Å². The van der Waals surface area contributed by atoms with Crippen molar-refractivity contribution >= 4 is 5.97 Å². The molecule has 0 heterocycles. The fraction of sp³-hybridized carbons (Fsp3) is 0.737. The molecule has 0 aliphatic rings. The fourth-order valence-electron chi connectivity index (χ4n) is 2.05. The number of methoxy groups -OCH3 is 1. The monoisotopic (exact) mass is 292 g/mol. The molecule has 0 N–H and O–H groups in total. The molecule has 0 aromatic heterocycles. The van der Waals surface area contributed by atoms with E-state index >= 15 is 0 Å². The fourth-order valence-corrected chi connectivity index (χ4v) is 2.05. The summed E-state index contributed by atoms with van der Waals surface area (Å²) in [5.41, 5.74) is 0. The highest BCUT2D eigenvalue weighted by Gasteiger charge is 1.97. The van der Waals surface area contributed by atoms with Gasteiger partial charge >= 0.3 is 5.97 Å². The van der Waals surface area contributed by atoms with Crippen LogP contribution in [0.2, 0.25) is 0 Å². The highest BCUT2D eigenvalue weighted by Crippen LogP contribution is 2.07. The Kier molecular flexibility index (Phi) is 15.8. The van der Waals surface area contributed by atoms with E-state index in [9.17, 15) is 4.79 Å². The minimum Gasteiger partial charge on any atom is -0.469 e. The molecule has 120 valence electrons. The minimum absolute atomic E-state index is 0.124. The lowest BCUT2D eigenvalue weighted by atomic mass is 10.1. The molecule has 2 nitrogen and oxygen atoms in total. The molecular weight excluding hydrogens is 260 g/mol. The van der Waals surface area contributed by atoms with Gasteiger partial charge in [0.1, 0.15) is 0 Å². The van der Waals surface area contributed by atoms with Crippen LogP contribution in [0.3, 0.4) is 0 Å². The molecule has 0 bridgehead atoms. The number of carbonyl (C=O) groups excluding carboxylic acids is 1. The highest BCUT2D eigenvalue weighted by molar-refractivity contribution is 5.68. The molecule has 0 amide bonds. The van der Waals surface area contributed by atoms with Crippen LogP contribution in [0.15, 0.2) is 12.2 Å². The van der Waals surface area contributed by atoms with Crippen LogP contribution in [0.25, 0.3) is 0 Å². The number of ether oxygens (including phenoxy) is 1. The van der Waals surface area contributed by atoms with Crippen LogP contribution in [-0.4, -0.2) is 13.1 Å². The first-order valence-corrected chi connectivity index (χ1v) is 8.48. The predicted octanol–water partition coefficient (Wildman–Crippen LogP) is 5.42. The molecule has 0 saturated carbocycles. The normalized spacial score (nSPS) is 10.4. The maximum atomic E-state index is 10.9. The lowest BCUT2D eigenvalue weighted by molar-refractivity contribution is -0.140. The van der Waals surface area contributed by atoms with E-state index in [1.807, 2.05) is 0 Å². The summed E-state index contributed by atoms with van der Waals surface area (Å²) in [5, 5.41) is 0. The van der Waals surface area contributed by atoms with Crippen molar-refractivity contribution in [3.8, 4) is 11.8 Å². The van der Waals surface area contributed by atoms with Gasteiger partial charge in [-0.05, 0) is 25.7 Å². The average molecular weight is 292 g/mol. The van der Waals surface area contributed by atoms with E-state index in [0.717, 1.165) is 25.7 Å². The van der Waals surface area contributed by atoms with E-state index in [1.54, 1.807) is 0 Å². The molecule has 0 rings (SSSR count). The number of carbonyl (C=O) groups is 1. The zero-order valence-electron chi connectivity index (χ0n) is 14.0. The van der Waals surface area contributed by atoms with Crippen molar-refractivity contribution in [3.05, 3.63) is 12.2 Å². The molecule has 0 unspecified atom stereocenters. The third-order valence-electron chi connectivity index (χ3n) is 3.40. The lowest BCUT2D eigenvalue weighted by Gasteiger charge is -1.97. The Balaban J connectivity index is 3.28. The number of esters is 1. The van der Waals surface area contributed by atoms with E-state index in [2.05, 4.69) is 35.7 Å². The maximum Gasteiger partial charge on any atom is 0.305 e. The molecule has 0 aromatic carbocycles. The molecule has 21 heavy (non-hydrogen) atoms. The second-order valence-electron chi connectivity index (χ2n) is 5.37. The highest BCUT2D eigenvalue weighted by atomic mass is 16.5. The lowest BCUT2D eigenvalue weighted by Crippen LogP contribution is -1.98. The van der Waals surface area contributed by atoms with E-state index in [-0.39, 0.29) is 5.97 Å². The quantitative estimate of drug-likeness (QED) is 0.208. The van der Waals surface area contributed by atoms with Crippen molar-refractivity contribution in [2.45, 2.75) is 84.0 Å². The van der Waals surface area contributed by atoms with E-state index in [4.69, 9.17) is 0 Å². The third-order valence-corrected chi connectivity index (χ3v) is 3.40. The van der Waals surface area contributed by atoms with Crippen molar-refractivity contribution in [1.29, 1.82) is 0 Å². The van der Waals surface area contributed by atoms with Gasteiger partial charge in [-0.1, -0.05) is 57.1 Å². The summed E-state index contributed by atoms with van der Waals surface area (Å²) in [6, 6.07) is 0. The number of hydrogen-bond donors (Lipinski definition) is 0. The van der Waals surface area contributed by atoms with Gasteiger partial charge < -0.3 is 4.74 Å². The third kappa shape index (κ3) is 16.7. The van der Waals surface area contributed by atoms with Gasteiger partial charge in [0, 0.05) is 19.3 Å². The predicted molar refractivity (Wildman–Crippen MR) is 90.0 cm³/mol. The maximum absolute atomic E-state index is 10.9. The average Bonchev–Trinajstić information content (AvgIpc) is 2.50. The molecule has 0 saturated heterocycles. The number of unbranched alkanes of at least 4 members (excludes halogenated alkanes) is 8. The molecule has 0 radical (unpaired) electrons. The zero-order valence-corrected chi connectivity index (χ0v) is 14.0. The van der Waals surface area contributed by atoms with Crippen LogP contribution in [0.4, 0.5) is 0 Å². The Morgan fingerprint density at radius 3 is 2.48 bits per heavy atom. The summed E-state index contributed by atoms with van der Waals surface area (Å²) < 4.78 is 4.59. The van der Waals surface area contributed by atoms with Gasteiger partial charge in [-0.15, -0.1) is 5.92 Å². The van der Waals surface area contributed by atoms with Crippen LogP contribution in [0.5, 0.6) is 0 Å². The summed E-state index contributed by atoms with van der Waals surface area (Å²) in [6.07, 6.45) is 17.8. The summed E-state index contributed by atoms with van der Waals surface area (Å²) in [7, 11) is 1.43. The van der Waals surface area contributed by atoms with Gasteiger partial charge in [-0.2, -0.15) is 0 Å². The van der Waals surface area contributed by atoms with Crippen molar-refractivity contribution in [2.75, 3.05) is 7.11 Å². The van der Waals surface area contributed by atoms with Crippen molar-refractivity contribution in [1.82, 2.24) is 0 Å². The van der Waals surface area contributed by atoms with Crippen LogP contribution < -0.4 is 0 Å². The largest absolute Gasteiger partial charge is 0.469 e. The summed E-state index contributed by atoms with van der Waals surface area (Å²) >= 11 is 0. The topological polar surface area (TPSA) is 26.3 Å².